The Morgan fingerprint density at radius 2 is 1.13 bits per heavy atom. The van der Waals surface area contributed by atoms with Gasteiger partial charge in [0.15, 0.2) is 0 Å². The third-order valence-corrected chi connectivity index (χ3v) is 4.43. The molecule has 0 rings (SSSR count). The van der Waals surface area contributed by atoms with Crippen molar-refractivity contribution >= 4 is 18.6 Å². The minimum Gasteiger partial charge on any atom is -0.391 e. The average molecular weight is 348 g/mol. The van der Waals surface area contributed by atoms with Crippen LogP contribution in [0.4, 0.5) is 0 Å². The zero-order valence-electron chi connectivity index (χ0n) is 15.8. The molecule has 1 unspecified atom stereocenters. The molecule has 1 atom stereocenters. The number of hydrogen-bond donors (Lipinski definition) is 1. The number of aliphatic imine (C=N–C) groups is 1. The first kappa shape index (κ1) is 25.2. The monoisotopic (exact) mass is 347 g/mol. The Hall–Kier alpha value is -0.0800. The van der Waals surface area contributed by atoms with Crippen molar-refractivity contribution in [2.24, 2.45) is 4.99 Å². The number of unbranched alkanes of at least 4 members (excludes halogenated alkanes) is 11. The normalized spacial score (nSPS) is 12.5. The molecule has 0 aliphatic carbocycles. The third-order valence-electron chi connectivity index (χ3n) is 4.43. The molecule has 0 heterocycles. The van der Waals surface area contributed by atoms with E-state index in [1.807, 2.05) is 0 Å². The molecule has 0 aliphatic rings. The zero-order valence-corrected chi connectivity index (χ0v) is 16.6. The summed E-state index contributed by atoms with van der Waals surface area (Å²) < 4.78 is 0. The molecule has 0 amide bonds. The Kier molecular flexibility index (Phi) is 24.0. The number of hydrogen-bond acceptors (Lipinski definition) is 2. The van der Waals surface area contributed by atoms with E-state index in [2.05, 4.69) is 18.8 Å². The molecule has 0 aromatic heterocycles. The summed E-state index contributed by atoms with van der Waals surface area (Å²) in [6.45, 7) is 4.60. The zero-order chi connectivity index (χ0) is 16.3. The summed E-state index contributed by atoms with van der Waals surface area (Å²) in [6, 6.07) is 0.450. The lowest BCUT2D eigenvalue weighted by Crippen LogP contribution is -2.05. The predicted octanol–water partition coefficient (Wildman–Crippen LogP) is 6.73. The minimum absolute atomic E-state index is 0. The Balaban J connectivity index is 0. The van der Waals surface area contributed by atoms with E-state index in [0.717, 1.165) is 0 Å². The summed E-state index contributed by atoms with van der Waals surface area (Å²) in [5, 5.41) is 8.85. The Bertz CT molecular complexity index is 234. The van der Waals surface area contributed by atoms with Gasteiger partial charge in [-0.15, -0.1) is 12.4 Å². The predicted molar refractivity (Wildman–Crippen MR) is 107 cm³/mol. The highest BCUT2D eigenvalue weighted by Crippen LogP contribution is 2.15. The van der Waals surface area contributed by atoms with Gasteiger partial charge in [-0.3, -0.25) is 4.99 Å². The fraction of sp³-hybridized carbons (Fsp3) is 0.950. The molecule has 0 aromatic rings. The van der Waals surface area contributed by atoms with E-state index in [1.54, 1.807) is 6.21 Å². The standard InChI is InChI=1S/C20H41NO.ClH/c1-3-5-7-8-9-10-11-12-13-14-15-17-20(16-6-4-2)21-18-19-22;/h18,20,22H,3-17,19H2,1-2H3;1H. The maximum atomic E-state index is 8.85. The molecular weight excluding hydrogens is 306 g/mol. The molecule has 1 N–H and O–H groups in total. The van der Waals surface area contributed by atoms with Crippen LogP contribution in [0.2, 0.25) is 0 Å². The van der Waals surface area contributed by atoms with Crippen LogP contribution in [0.25, 0.3) is 0 Å². The van der Waals surface area contributed by atoms with Crippen LogP contribution in [0.1, 0.15) is 110 Å². The molecule has 0 saturated carbocycles. The number of aliphatic hydroxyl groups excluding tert-OH is 1. The second-order valence-electron chi connectivity index (χ2n) is 6.63. The Morgan fingerprint density at radius 3 is 1.61 bits per heavy atom. The van der Waals surface area contributed by atoms with Gasteiger partial charge < -0.3 is 5.11 Å². The summed E-state index contributed by atoms with van der Waals surface area (Å²) in [5.41, 5.74) is 0. The van der Waals surface area contributed by atoms with E-state index in [1.165, 1.54) is 96.3 Å². The van der Waals surface area contributed by atoms with Gasteiger partial charge in [0.1, 0.15) is 0 Å². The largest absolute Gasteiger partial charge is 0.391 e. The second-order valence-corrected chi connectivity index (χ2v) is 6.63. The van der Waals surface area contributed by atoms with E-state index in [4.69, 9.17) is 5.11 Å². The van der Waals surface area contributed by atoms with Crippen LogP contribution in [0.5, 0.6) is 0 Å². The maximum absolute atomic E-state index is 8.85. The Labute approximate surface area is 152 Å². The summed E-state index contributed by atoms with van der Waals surface area (Å²) in [7, 11) is 0. The van der Waals surface area contributed by atoms with Gasteiger partial charge in [-0.25, -0.2) is 0 Å². The smallest absolute Gasteiger partial charge is 0.0779 e. The third kappa shape index (κ3) is 19.9. The summed E-state index contributed by atoms with van der Waals surface area (Å²) in [4.78, 5) is 4.49. The van der Waals surface area contributed by atoms with E-state index >= 15 is 0 Å². The SMILES string of the molecule is CCCCCCCCCCCCCC(CCCC)N=CCO.Cl. The van der Waals surface area contributed by atoms with Gasteiger partial charge in [-0.2, -0.15) is 0 Å². The first-order chi connectivity index (χ1) is 10.8. The molecule has 0 spiro atoms. The fourth-order valence-electron chi connectivity index (χ4n) is 2.97. The number of nitrogens with zero attached hydrogens (tertiary/aromatic N) is 1. The summed E-state index contributed by atoms with van der Waals surface area (Å²) >= 11 is 0. The molecule has 0 bridgehead atoms. The molecule has 0 fully saturated rings. The maximum Gasteiger partial charge on any atom is 0.0779 e. The molecule has 2 nitrogen and oxygen atoms in total. The van der Waals surface area contributed by atoms with Crippen LogP contribution in [0, 0.1) is 0 Å². The van der Waals surface area contributed by atoms with Gasteiger partial charge in [0.05, 0.1) is 6.61 Å². The van der Waals surface area contributed by atoms with Crippen molar-refractivity contribution in [3.63, 3.8) is 0 Å². The van der Waals surface area contributed by atoms with Crippen molar-refractivity contribution in [3.05, 3.63) is 0 Å². The van der Waals surface area contributed by atoms with Gasteiger partial charge in [-0.1, -0.05) is 97.3 Å². The lowest BCUT2D eigenvalue weighted by Gasteiger charge is -2.11. The van der Waals surface area contributed by atoms with E-state index in [9.17, 15) is 0 Å². The molecule has 0 aromatic carbocycles. The van der Waals surface area contributed by atoms with E-state index in [-0.39, 0.29) is 19.0 Å². The van der Waals surface area contributed by atoms with Crippen LogP contribution < -0.4 is 0 Å². The molecule has 0 saturated heterocycles. The van der Waals surface area contributed by atoms with Gasteiger partial charge in [0, 0.05) is 12.3 Å². The first-order valence-corrected chi connectivity index (χ1v) is 9.97. The second kappa shape index (κ2) is 21.9. The minimum atomic E-state index is 0. The molecule has 140 valence electrons. The number of halogens is 1. The summed E-state index contributed by atoms with van der Waals surface area (Å²) in [5.74, 6) is 0. The van der Waals surface area contributed by atoms with Crippen molar-refractivity contribution in [1.82, 2.24) is 0 Å². The lowest BCUT2D eigenvalue weighted by molar-refractivity contribution is 0.360. The molecular formula is C20H42ClNO. The average Bonchev–Trinajstić information content (AvgIpc) is 2.54. The van der Waals surface area contributed by atoms with Crippen LogP contribution >= 0.6 is 12.4 Å². The van der Waals surface area contributed by atoms with Crippen LogP contribution in [0.15, 0.2) is 4.99 Å². The van der Waals surface area contributed by atoms with Gasteiger partial charge in [0.25, 0.3) is 0 Å². The topological polar surface area (TPSA) is 32.6 Å². The van der Waals surface area contributed by atoms with Gasteiger partial charge >= 0.3 is 0 Å². The van der Waals surface area contributed by atoms with Crippen LogP contribution in [-0.4, -0.2) is 24.0 Å². The van der Waals surface area contributed by atoms with Crippen molar-refractivity contribution in [2.75, 3.05) is 6.61 Å². The van der Waals surface area contributed by atoms with Gasteiger partial charge in [-0.05, 0) is 12.8 Å². The Morgan fingerprint density at radius 1 is 0.696 bits per heavy atom. The molecule has 0 radical (unpaired) electrons. The molecule has 23 heavy (non-hydrogen) atoms. The van der Waals surface area contributed by atoms with Gasteiger partial charge in [0.2, 0.25) is 0 Å². The highest BCUT2D eigenvalue weighted by Gasteiger charge is 2.05. The molecule has 3 heteroatoms. The van der Waals surface area contributed by atoms with Crippen molar-refractivity contribution < 1.29 is 5.11 Å². The first-order valence-electron chi connectivity index (χ1n) is 9.97. The van der Waals surface area contributed by atoms with E-state index in [0.29, 0.717) is 6.04 Å². The van der Waals surface area contributed by atoms with Crippen LogP contribution in [-0.2, 0) is 0 Å². The fourth-order valence-corrected chi connectivity index (χ4v) is 2.97. The molecule has 0 aliphatic heterocycles. The highest BCUT2D eigenvalue weighted by atomic mass is 35.5. The van der Waals surface area contributed by atoms with Crippen molar-refractivity contribution in [2.45, 2.75) is 116 Å². The summed E-state index contributed by atoms with van der Waals surface area (Å²) in [6.07, 6.45) is 21.9. The quantitative estimate of drug-likeness (QED) is 0.229. The number of rotatable bonds is 17. The van der Waals surface area contributed by atoms with Crippen LogP contribution in [0.3, 0.4) is 0 Å². The van der Waals surface area contributed by atoms with Crippen molar-refractivity contribution in [1.29, 1.82) is 0 Å². The lowest BCUT2D eigenvalue weighted by atomic mass is 10.0. The highest BCUT2D eigenvalue weighted by molar-refractivity contribution is 5.85. The van der Waals surface area contributed by atoms with Crippen molar-refractivity contribution in [3.8, 4) is 0 Å². The van der Waals surface area contributed by atoms with E-state index < -0.39 is 0 Å². The number of aliphatic hydroxyl groups is 1.